The van der Waals surface area contributed by atoms with Crippen LogP contribution in [0.2, 0.25) is 0 Å². The number of aliphatic carboxylic acids is 1. The number of nitrogens with zero attached hydrogens (tertiary/aromatic N) is 2. The van der Waals surface area contributed by atoms with Crippen LogP contribution in [0.15, 0.2) is 47.6 Å². The van der Waals surface area contributed by atoms with Crippen molar-refractivity contribution >= 4 is 18.1 Å². The van der Waals surface area contributed by atoms with E-state index in [4.69, 9.17) is 15.1 Å². The molecule has 0 radical (unpaired) electrons. The predicted molar refractivity (Wildman–Crippen MR) is 85.7 cm³/mol. The van der Waals surface area contributed by atoms with E-state index in [2.05, 4.69) is 10.5 Å². The highest BCUT2D eigenvalue weighted by molar-refractivity contribution is 5.95. The number of carbonyl (C=O) groups excluding carboxylic acids is 1. The van der Waals surface area contributed by atoms with Gasteiger partial charge in [-0.25, -0.2) is 14.6 Å². The molecule has 7 nitrogen and oxygen atoms in total. The largest absolute Gasteiger partial charge is 0.481 e. The fourth-order valence-electron chi connectivity index (χ4n) is 1.85. The van der Waals surface area contributed by atoms with E-state index in [-0.39, 0.29) is 16.9 Å². The Hall–Kier alpha value is -3.73. The normalized spacial score (nSPS) is 10.2. The Bertz CT molecular complexity index is 874. The van der Waals surface area contributed by atoms with Gasteiger partial charge in [-0.15, -0.1) is 0 Å². The Kier molecular flexibility index (Phi) is 5.79. The molecule has 2 N–H and O–H groups in total. The first-order valence-corrected chi connectivity index (χ1v) is 6.98. The van der Waals surface area contributed by atoms with Crippen molar-refractivity contribution in [1.29, 1.82) is 5.26 Å². The Labute approximate surface area is 142 Å². The van der Waals surface area contributed by atoms with Gasteiger partial charge in [0.25, 0.3) is 5.91 Å². The molecule has 0 aliphatic rings. The maximum Gasteiger partial charge on any atom is 0.341 e. The molecule has 2 aromatic rings. The molecule has 126 valence electrons. The van der Waals surface area contributed by atoms with E-state index in [1.54, 1.807) is 30.3 Å². The summed E-state index contributed by atoms with van der Waals surface area (Å²) in [6, 6.07) is 11.7. The summed E-state index contributed by atoms with van der Waals surface area (Å²) >= 11 is 0. The van der Waals surface area contributed by atoms with Gasteiger partial charge >= 0.3 is 5.97 Å². The van der Waals surface area contributed by atoms with Crippen LogP contribution in [-0.4, -0.2) is 29.8 Å². The molecule has 8 heteroatoms. The van der Waals surface area contributed by atoms with E-state index in [1.807, 2.05) is 0 Å². The maximum absolute atomic E-state index is 13.7. The molecule has 0 fully saturated rings. The number of para-hydroxylation sites is 1. The average Bonchev–Trinajstić information content (AvgIpc) is 2.60. The molecule has 2 aromatic carbocycles. The Morgan fingerprint density at radius 2 is 2.08 bits per heavy atom. The third-order valence-corrected chi connectivity index (χ3v) is 2.98. The fourth-order valence-corrected chi connectivity index (χ4v) is 1.85. The van der Waals surface area contributed by atoms with Crippen LogP contribution in [0.4, 0.5) is 4.39 Å². The minimum atomic E-state index is -1.13. The van der Waals surface area contributed by atoms with Gasteiger partial charge in [0.05, 0.1) is 23.4 Å². The van der Waals surface area contributed by atoms with Crippen molar-refractivity contribution in [3.05, 3.63) is 65.0 Å². The van der Waals surface area contributed by atoms with Crippen LogP contribution in [-0.2, 0) is 4.79 Å². The van der Waals surface area contributed by atoms with Gasteiger partial charge in [-0.2, -0.15) is 10.4 Å². The highest BCUT2D eigenvalue weighted by atomic mass is 19.1. The van der Waals surface area contributed by atoms with Gasteiger partial charge in [0.15, 0.2) is 6.61 Å². The van der Waals surface area contributed by atoms with Crippen LogP contribution >= 0.6 is 0 Å². The molecule has 0 saturated carbocycles. The van der Waals surface area contributed by atoms with Crippen LogP contribution in [0, 0.1) is 17.1 Å². The number of carbonyl (C=O) groups is 2. The first-order valence-electron chi connectivity index (χ1n) is 6.98. The lowest BCUT2D eigenvalue weighted by atomic mass is 10.1. The molecule has 25 heavy (non-hydrogen) atoms. The number of benzene rings is 2. The lowest BCUT2D eigenvalue weighted by Gasteiger charge is -2.06. The Morgan fingerprint density at radius 3 is 2.76 bits per heavy atom. The molecule has 1 amide bonds. The fraction of sp³-hybridized carbons (Fsp3) is 0.0588. The molecule has 0 saturated heterocycles. The molecule has 0 aliphatic carbocycles. The lowest BCUT2D eigenvalue weighted by molar-refractivity contribution is -0.139. The van der Waals surface area contributed by atoms with E-state index in [0.29, 0.717) is 5.56 Å². The van der Waals surface area contributed by atoms with Crippen LogP contribution in [0.5, 0.6) is 5.75 Å². The van der Waals surface area contributed by atoms with Crippen molar-refractivity contribution in [2.24, 2.45) is 5.10 Å². The molecular weight excluding hydrogens is 329 g/mol. The molecular formula is C17H12FN3O4. The average molecular weight is 341 g/mol. The van der Waals surface area contributed by atoms with E-state index >= 15 is 0 Å². The van der Waals surface area contributed by atoms with Gasteiger partial charge in [-0.3, -0.25) is 4.79 Å². The molecule has 0 aliphatic heterocycles. The number of hydrogen-bond donors (Lipinski definition) is 2. The summed E-state index contributed by atoms with van der Waals surface area (Å²) in [7, 11) is 0. The maximum atomic E-state index is 13.7. The number of nitrogens with one attached hydrogen (secondary N) is 1. The van der Waals surface area contributed by atoms with Crippen molar-refractivity contribution in [1.82, 2.24) is 5.43 Å². The highest BCUT2D eigenvalue weighted by Gasteiger charge is 2.11. The number of hydrazone groups is 1. The molecule has 0 aromatic heterocycles. The summed E-state index contributed by atoms with van der Waals surface area (Å²) in [6.45, 7) is -0.520. The number of carboxylic acids is 1. The smallest absolute Gasteiger partial charge is 0.341 e. The minimum Gasteiger partial charge on any atom is -0.481 e. The lowest BCUT2D eigenvalue weighted by Crippen LogP contribution is -2.19. The second-order valence-electron chi connectivity index (χ2n) is 4.73. The molecule has 0 heterocycles. The van der Waals surface area contributed by atoms with Crippen LogP contribution in [0.1, 0.15) is 21.5 Å². The topological polar surface area (TPSA) is 112 Å². The molecule has 0 bridgehead atoms. The van der Waals surface area contributed by atoms with Crippen molar-refractivity contribution < 1.29 is 23.8 Å². The third-order valence-electron chi connectivity index (χ3n) is 2.98. The second-order valence-corrected chi connectivity index (χ2v) is 4.73. The van der Waals surface area contributed by atoms with E-state index in [0.717, 1.165) is 6.07 Å². The Morgan fingerprint density at radius 1 is 1.32 bits per heavy atom. The highest BCUT2D eigenvalue weighted by Crippen LogP contribution is 2.15. The zero-order valence-electron chi connectivity index (χ0n) is 12.8. The number of hydrogen-bond acceptors (Lipinski definition) is 5. The number of ether oxygens (including phenoxy) is 1. The zero-order valence-corrected chi connectivity index (χ0v) is 12.8. The molecule has 0 spiro atoms. The SMILES string of the molecule is N#Cc1ccc(C(=O)N/N=C/c2ccccc2OCC(=O)O)c(F)c1. The number of rotatable bonds is 6. The summed E-state index contributed by atoms with van der Waals surface area (Å²) in [5.41, 5.74) is 2.43. The van der Waals surface area contributed by atoms with E-state index in [9.17, 15) is 14.0 Å². The second kappa shape index (κ2) is 8.21. The zero-order chi connectivity index (χ0) is 18.2. The van der Waals surface area contributed by atoms with Crippen molar-refractivity contribution in [2.45, 2.75) is 0 Å². The van der Waals surface area contributed by atoms with Crippen molar-refractivity contribution in [3.63, 3.8) is 0 Å². The summed E-state index contributed by atoms with van der Waals surface area (Å²) in [6.07, 6.45) is 1.25. The number of carboxylic acid groups (broad SMARTS) is 1. The molecule has 2 rings (SSSR count). The van der Waals surface area contributed by atoms with Gasteiger partial charge in [-0.05, 0) is 30.3 Å². The summed E-state index contributed by atoms with van der Waals surface area (Å²) in [5, 5.41) is 21.0. The van der Waals surface area contributed by atoms with Gasteiger partial charge in [0, 0.05) is 5.56 Å². The summed E-state index contributed by atoms with van der Waals surface area (Å²) in [4.78, 5) is 22.4. The minimum absolute atomic E-state index is 0.0991. The quantitative estimate of drug-likeness (QED) is 0.616. The number of halogens is 1. The first kappa shape index (κ1) is 17.6. The first-order chi connectivity index (χ1) is 12.0. The van der Waals surface area contributed by atoms with Crippen molar-refractivity contribution in [3.8, 4) is 11.8 Å². The van der Waals surface area contributed by atoms with Crippen LogP contribution in [0.3, 0.4) is 0 Å². The Balaban J connectivity index is 2.07. The van der Waals surface area contributed by atoms with Gasteiger partial charge < -0.3 is 9.84 Å². The van der Waals surface area contributed by atoms with E-state index < -0.39 is 24.3 Å². The van der Waals surface area contributed by atoms with Crippen molar-refractivity contribution in [2.75, 3.05) is 6.61 Å². The number of nitriles is 1. The van der Waals surface area contributed by atoms with Gasteiger partial charge in [-0.1, -0.05) is 12.1 Å². The molecule has 0 atom stereocenters. The van der Waals surface area contributed by atoms with Crippen LogP contribution in [0.25, 0.3) is 0 Å². The number of amides is 1. The van der Waals surface area contributed by atoms with Gasteiger partial charge in [0.2, 0.25) is 0 Å². The van der Waals surface area contributed by atoms with Gasteiger partial charge in [0.1, 0.15) is 11.6 Å². The monoisotopic (exact) mass is 341 g/mol. The summed E-state index contributed by atoms with van der Waals surface area (Å²) < 4.78 is 18.8. The standard InChI is InChI=1S/C17H12FN3O4/c18-14-7-11(8-19)5-6-13(14)17(24)21-20-9-12-3-1-2-4-15(12)25-10-16(22)23/h1-7,9H,10H2,(H,21,24)(H,22,23)/b20-9+. The van der Waals surface area contributed by atoms with Crippen LogP contribution < -0.4 is 10.2 Å². The predicted octanol–water partition coefficient (Wildman–Crippen LogP) is 1.92. The molecule has 0 unspecified atom stereocenters. The summed E-state index contributed by atoms with van der Waals surface area (Å²) in [5.74, 6) is -2.48. The van der Waals surface area contributed by atoms with E-state index in [1.165, 1.54) is 18.3 Å². The third kappa shape index (κ3) is 4.87.